The van der Waals surface area contributed by atoms with Gasteiger partial charge in [-0.3, -0.25) is 28.9 Å². The maximum Gasteiger partial charge on any atom is 0.329 e. The van der Waals surface area contributed by atoms with Gasteiger partial charge in [0.2, 0.25) is 29.5 Å². The number of rotatable bonds is 11. The second-order valence-corrected chi connectivity index (χ2v) is 16.2. The van der Waals surface area contributed by atoms with Crippen LogP contribution in [0.25, 0.3) is 22.6 Å². The number of ether oxygens (including phenoxy) is 2. The van der Waals surface area contributed by atoms with Crippen LogP contribution < -0.4 is 26.4 Å². The van der Waals surface area contributed by atoms with Crippen LogP contribution in [0.5, 0.6) is 5.75 Å². The van der Waals surface area contributed by atoms with Crippen molar-refractivity contribution in [3.63, 3.8) is 0 Å². The topological polar surface area (TPSA) is 213 Å². The van der Waals surface area contributed by atoms with E-state index in [-0.39, 0.29) is 30.5 Å². The highest BCUT2D eigenvalue weighted by Crippen LogP contribution is 2.48. The van der Waals surface area contributed by atoms with E-state index >= 15 is 0 Å². The van der Waals surface area contributed by atoms with Crippen LogP contribution in [-0.4, -0.2) is 98.0 Å². The lowest BCUT2D eigenvalue weighted by atomic mass is 9.72. The zero-order chi connectivity index (χ0) is 39.8. The number of nitriles is 1. The maximum atomic E-state index is 13.1. The lowest BCUT2D eigenvalue weighted by molar-refractivity contribution is -0.135. The molecule has 1 unspecified atom stereocenters. The van der Waals surface area contributed by atoms with E-state index in [9.17, 15) is 19.6 Å². The van der Waals surface area contributed by atoms with E-state index in [0.717, 1.165) is 62.3 Å². The number of imidazole rings is 1. The van der Waals surface area contributed by atoms with E-state index in [0.29, 0.717) is 70.5 Å². The molecule has 17 nitrogen and oxygen atoms in total. The van der Waals surface area contributed by atoms with Crippen LogP contribution in [0.3, 0.4) is 0 Å². The number of hydrogen-bond acceptors (Lipinski definition) is 15. The lowest BCUT2D eigenvalue weighted by Crippen LogP contribution is -2.44. The predicted molar refractivity (Wildman–Crippen MR) is 211 cm³/mol. The smallest absolute Gasteiger partial charge is 0.329 e. The van der Waals surface area contributed by atoms with Gasteiger partial charge in [0.05, 0.1) is 35.2 Å². The van der Waals surface area contributed by atoms with Crippen LogP contribution in [0.4, 0.5) is 10.9 Å². The minimum absolute atomic E-state index is 0.135. The maximum absolute atomic E-state index is 13.1. The number of fused-ring (bicyclic) bond motifs is 2. The summed E-state index contributed by atoms with van der Waals surface area (Å²) >= 11 is 1.47. The molecule has 1 aliphatic carbocycles. The second-order valence-electron chi connectivity index (χ2n) is 15.1. The fourth-order valence-corrected chi connectivity index (χ4v) is 9.59. The summed E-state index contributed by atoms with van der Waals surface area (Å²) in [6.45, 7) is 8.74. The molecule has 8 rings (SSSR count). The number of anilines is 2. The van der Waals surface area contributed by atoms with Crippen molar-refractivity contribution in [2.75, 3.05) is 56.6 Å². The van der Waals surface area contributed by atoms with Crippen LogP contribution in [-0.2, 0) is 33.2 Å². The molecule has 6 heterocycles. The number of nitrogens with zero attached hydrogens (tertiary/aromatic N) is 9. The molecule has 1 aromatic carbocycles. The van der Waals surface area contributed by atoms with Gasteiger partial charge in [-0.15, -0.1) is 11.3 Å². The quantitative estimate of drug-likeness (QED) is 0.145. The summed E-state index contributed by atoms with van der Waals surface area (Å²) < 4.78 is 20.7. The summed E-state index contributed by atoms with van der Waals surface area (Å²) in [7, 11) is 1.65. The Morgan fingerprint density at radius 1 is 1.11 bits per heavy atom. The molecule has 5 aromatic rings. The van der Waals surface area contributed by atoms with Gasteiger partial charge in [-0.2, -0.15) is 10.2 Å². The number of nitrogens with one attached hydrogen (secondary N) is 1. The average molecular weight is 796 g/mol. The first-order valence-corrected chi connectivity index (χ1v) is 20.1. The molecule has 298 valence electrons. The molecule has 18 heteroatoms. The standard InChI is InChI=1S/C39H45N11O6S/c1-23-22-48(16-17-54-18-19-55-24-7-8-27-29(20-24)47(3)38(53)50(27)28-9-10-31(51)44-35(28)52)14-5-15-49(23)37-42-13-11-26(43-37)34-45-36(56-46-34)39(2)12-4-6-30-32(39)25(21-40)33(41)57-30/h7-8,11,13,20,23,28H,4-6,9-10,12,14-19,22,41H2,1-3H3,(H,44,51,52)/t23-,28?,39-/m0/s1. The van der Waals surface area contributed by atoms with Crippen molar-refractivity contribution in [1.29, 1.82) is 5.26 Å². The van der Waals surface area contributed by atoms with Crippen molar-refractivity contribution in [3.05, 3.63) is 62.8 Å². The Morgan fingerprint density at radius 2 is 1.96 bits per heavy atom. The van der Waals surface area contributed by atoms with Crippen molar-refractivity contribution in [3.8, 4) is 23.3 Å². The number of imide groups is 1. The van der Waals surface area contributed by atoms with Gasteiger partial charge in [0.25, 0.3) is 0 Å². The first-order valence-electron chi connectivity index (χ1n) is 19.3. The van der Waals surface area contributed by atoms with Crippen LogP contribution in [0, 0.1) is 11.3 Å². The third kappa shape index (κ3) is 7.26. The third-order valence-corrected chi connectivity index (χ3v) is 12.4. The van der Waals surface area contributed by atoms with Gasteiger partial charge >= 0.3 is 5.69 Å². The van der Waals surface area contributed by atoms with Gasteiger partial charge in [-0.25, -0.2) is 14.8 Å². The van der Waals surface area contributed by atoms with Gasteiger partial charge in [0, 0.05) is 61.8 Å². The van der Waals surface area contributed by atoms with Gasteiger partial charge in [0.15, 0.2) is 0 Å². The van der Waals surface area contributed by atoms with Crippen LogP contribution in [0.1, 0.15) is 73.9 Å². The fourth-order valence-electron chi connectivity index (χ4n) is 8.40. The monoisotopic (exact) mass is 795 g/mol. The molecular formula is C39H45N11O6S. The molecule has 3 atom stereocenters. The zero-order valence-corrected chi connectivity index (χ0v) is 33.0. The van der Waals surface area contributed by atoms with Crippen LogP contribution >= 0.6 is 11.3 Å². The minimum Gasteiger partial charge on any atom is -0.491 e. The molecule has 2 amide bonds. The summed E-state index contributed by atoms with van der Waals surface area (Å²) in [5.74, 6) is 1.23. The van der Waals surface area contributed by atoms with E-state index in [2.05, 4.69) is 38.3 Å². The Labute approximate surface area is 332 Å². The molecule has 0 saturated carbocycles. The van der Waals surface area contributed by atoms with Crippen LogP contribution in [0.15, 0.2) is 39.8 Å². The van der Waals surface area contributed by atoms with E-state index in [4.69, 9.17) is 29.7 Å². The van der Waals surface area contributed by atoms with Crippen LogP contribution in [0.2, 0.25) is 0 Å². The zero-order valence-electron chi connectivity index (χ0n) is 32.2. The van der Waals surface area contributed by atoms with Gasteiger partial charge < -0.3 is 24.6 Å². The molecule has 3 N–H and O–H groups in total. The molecule has 0 spiro atoms. The number of aryl methyl sites for hydroxylation is 2. The predicted octanol–water partition coefficient (Wildman–Crippen LogP) is 3.31. The number of aromatic nitrogens is 6. The van der Waals surface area contributed by atoms with E-state index in [1.165, 1.54) is 20.5 Å². The molecule has 2 aliphatic heterocycles. The fraction of sp³-hybridized carbons (Fsp3) is 0.487. The number of carbonyl (C=O) groups is 2. The number of benzene rings is 1. The number of piperidine rings is 1. The number of nitrogens with two attached hydrogens (primary N) is 1. The van der Waals surface area contributed by atoms with E-state index in [1.807, 2.05) is 6.92 Å². The summed E-state index contributed by atoms with van der Waals surface area (Å²) in [5.41, 5.74) is 8.51. The molecule has 0 radical (unpaired) electrons. The summed E-state index contributed by atoms with van der Waals surface area (Å²) in [4.78, 5) is 57.2. The van der Waals surface area contributed by atoms with Gasteiger partial charge in [-0.1, -0.05) is 5.16 Å². The molecule has 2 saturated heterocycles. The third-order valence-electron chi connectivity index (χ3n) is 11.3. The molecule has 0 bridgehead atoms. The molecular weight excluding hydrogens is 751 g/mol. The Kier molecular flexibility index (Phi) is 10.5. The first-order chi connectivity index (χ1) is 27.5. The minimum atomic E-state index is -0.737. The van der Waals surface area contributed by atoms with E-state index in [1.54, 1.807) is 37.5 Å². The van der Waals surface area contributed by atoms with Crippen molar-refractivity contribution < 1.29 is 23.6 Å². The lowest BCUT2D eigenvalue weighted by Gasteiger charge is -2.30. The SMILES string of the molecule is C[C@H]1CN(CCOCCOc2ccc3c(c2)n(C)c(=O)n3C2CCC(=O)NC2=O)CCCN1c1nccc(-c2noc([C@@]3(C)CCCc4sc(N)c(C#N)c43)n2)n1. The number of nitrogen functional groups attached to an aromatic ring is 1. The van der Waals surface area contributed by atoms with Gasteiger partial charge in [-0.05, 0) is 70.7 Å². The first kappa shape index (κ1) is 38.2. The van der Waals surface area contributed by atoms with Crippen molar-refractivity contribution in [2.45, 2.75) is 69.9 Å². The van der Waals surface area contributed by atoms with E-state index < -0.39 is 17.4 Å². The normalized spacial score (nSPS) is 21.6. The van der Waals surface area contributed by atoms with Gasteiger partial charge in [0.1, 0.15) is 35.2 Å². The number of thiophene rings is 1. The Hall–Kier alpha value is -5.64. The molecule has 2 fully saturated rings. The molecule has 4 aromatic heterocycles. The second kappa shape index (κ2) is 15.7. The largest absolute Gasteiger partial charge is 0.491 e. The molecule has 57 heavy (non-hydrogen) atoms. The number of hydrogen-bond donors (Lipinski definition) is 2. The average Bonchev–Trinajstić information content (AvgIpc) is 3.86. The summed E-state index contributed by atoms with van der Waals surface area (Å²) in [5, 5.41) is 17.1. The molecule has 3 aliphatic rings. The number of carbonyl (C=O) groups excluding carboxylic acids is 2. The Bertz CT molecular complexity index is 2430. The van der Waals surface area contributed by atoms with Crippen molar-refractivity contribution >= 4 is 45.1 Å². The Balaban J connectivity index is 0.834. The Morgan fingerprint density at radius 3 is 2.79 bits per heavy atom. The summed E-state index contributed by atoms with van der Waals surface area (Å²) in [6, 6.07) is 8.80. The highest BCUT2D eigenvalue weighted by atomic mass is 32.1. The highest BCUT2D eigenvalue weighted by molar-refractivity contribution is 7.16. The number of amides is 2. The van der Waals surface area contributed by atoms with Crippen molar-refractivity contribution in [1.82, 2.24) is 39.5 Å². The highest BCUT2D eigenvalue weighted by Gasteiger charge is 2.43. The summed E-state index contributed by atoms with van der Waals surface area (Å²) in [6.07, 6.45) is 5.70. The van der Waals surface area contributed by atoms with Crippen molar-refractivity contribution in [2.24, 2.45) is 7.05 Å².